The van der Waals surface area contributed by atoms with Gasteiger partial charge in [-0.15, -0.1) is 10.2 Å². The van der Waals surface area contributed by atoms with E-state index in [4.69, 9.17) is 0 Å². The molecule has 0 N–H and O–H groups in total. The van der Waals surface area contributed by atoms with Crippen molar-refractivity contribution in [3.63, 3.8) is 0 Å². The molecule has 7 heteroatoms. The zero-order chi connectivity index (χ0) is 15.1. The van der Waals surface area contributed by atoms with Crippen LogP contribution in [0.2, 0.25) is 0 Å². The molecule has 0 aliphatic heterocycles. The van der Waals surface area contributed by atoms with E-state index in [2.05, 4.69) is 44.7 Å². The summed E-state index contributed by atoms with van der Waals surface area (Å²) in [6.45, 7) is 2.08. The monoisotopic (exact) mass is 329 g/mol. The van der Waals surface area contributed by atoms with Crippen LogP contribution < -0.4 is 0 Å². The van der Waals surface area contributed by atoms with Gasteiger partial charge in [0, 0.05) is 18.5 Å². The van der Waals surface area contributed by atoms with Gasteiger partial charge in [-0.3, -0.25) is 0 Å². The van der Waals surface area contributed by atoms with E-state index in [9.17, 15) is 0 Å². The quantitative estimate of drug-likeness (QED) is 0.731. The standard InChI is InChI=1S/C15H15N5S2/c1-9-4-3-5-11(8-9)13-17-18-14(20(13)2)21-15-16-12(19-22-15)10-6-7-10/h3-5,8,10H,6-7H2,1-2H3. The van der Waals surface area contributed by atoms with Gasteiger partial charge in [0.15, 0.2) is 15.3 Å². The van der Waals surface area contributed by atoms with Gasteiger partial charge in [-0.05, 0) is 49.1 Å². The fourth-order valence-electron chi connectivity index (χ4n) is 2.29. The average Bonchev–Trinajstić information content (AvgIpc) is 3.15. The minimum Gasteiger partial charge on any atom is -0.305 e. The van der Waals surface area contributed by atoms with Gasteiger partial charge < -0.3 is 4.57 Å². The van der Waals surface area contributed by atoms with Crippen molar-refractivity contribution in [3.8, 4) is 11.4 Å². The van der Waals surface area contributed by atoms with Crippen LogP contribution in [0.5, 0.6) is 0 Å². The first-order valence-electron chi connectivity index (χ1n) is 7.18. The molecular weight excluding hydrogens is 314 g/mol. The lowest BCUT2D eigenvalue weighted by atomic mass is 10.1. The summed E-state index contributed by atoms with van der Waals surface area (Å²) in [7, 11) is 1.99. The molecule has 1 saturated carbocycles. The van der Waals surface area contributed by atoms with Gasteiger partial charge in [0.25, 0.3) is 0 Å². The zero-order valence-electron chi connectivity index (χ0n) is 12.4. The number of hydrogen-bond acceptors (Lipinski definition) is 6. The minimum atomic E-state index is 0.591. The molecule has 0 radical (unpaired) electrons. The predicted octanol–water partition coefficient (Wildman–Crippen LogP) is 3.67. The Kier molecular flexibility index (Phi) is 3.46. The number of benzene rings is 1. The normalized spacial score (nSPS) is 14.5. The van der Waals surface area contributed by atoms with E-state index in [-0.39, 0.29) is 0 Å². The molecule has 3 aromatic rings. The van der Waals surface area contributed by atoms with Crippen LogP contribution in [0.15, 0.2) is 33.8 Å². The van der Waals surface area contributed by atoms with E-state index in [0.29, 0.717) is 5.92 Å². The summed E-state index contributed by atoms with van der Waals surface area (Å²) in [4.78, 5) is 4.59. The molecule has 0 atom stereocenters. The van der Waals surface area contributed by atoms with Crippen molar-refractivity contribution in [2.45, 2.75) is 35.2 Å². The second kappa shape index (κ2) is 5.48. The SMILES string of the molecule is Cc1cccc(-c2nnc(Sc3nc(C4CC4)ns3)n2C)c1. The van der Waals surface area contributed by atoms with Crippen LogP contribution in [0.25, 0.3) is 11.4 Å². The highest BCUT2D eigenvalue weighted by atomic mass is 32.2. The molecule has 0 amide bonds. The summed E-state index contributed by atoms with van der Waals surface area (Å²) in [5.74, 6) is 2.46. The van der Waals surface area contributed by atoms with E-state index in [0.717, 1.165) is 26.7 Å². The van der Waals surface area contributed by atoms with E-state index < -0.39 is 0 Å². The van der Waals surface area contributed by atoms with Crippen molar-refractivity contribution < 1.29 is 0 Å². The number of aromatic nitrogens is 5. The number of rotatable bonds is 4. The van der Waals surface area contributed by atoms with Crippen LogP contribution >= 0.6 is 23.3 Å². The summed E-state index contributed by atoms with van der Waals surface area (Å²) in [5.41, 5.74) is 2.30. The molecule has 2 aromatic heterocycles. The number of nitrogens with zero attached hydrogens (tertiary/aromatic N) is 5. The lowest BCUT2D eigenvalue weighted by molar-refractivity contribution is 0.793. The molecule has 0 spiro atoms. The van der Waals surface area contributed by atoms with Crippen molar-refractivity contribution in [1.29, 1.82) is 0 Å². The Balaban J connectivity index is 1.60. The molecule has 1 aliphatic carbocycles. The smallest absolute Gasteiger partial charge is 0.198 e. The van der Waals surface area contributed by atoms with Gasteiger partial charge in [-0.25, -0.2) is 4.98 Å². The highest BCUT2D eigenvalue weighted by Gasteiger charge is 2.28. The third-order valence-corrected chi connectivity index (χ3v) is 5.46. The first kappa shape index (κ1) is 13.9. The molecule has 0 unspecified atom stereocenters. The molecule has 1 aliphatic rings. The van der Waals surface area contributed by atoms with Gasteiger partial charge in [0.2, 0.25) is 0 Å². The minimum absolute atomic E-state index is 0.591. The van der Waals surface area contributed by atoms with Gasteiger partial charge in [0.05, 0.1) is 0 Å². The van der Waals surface area contributed by atoms with E-state index in [1.807, 2.05) is 17.7 Å². The van der Waals surface area contributed by atoms with Crippen molar-refractivity contribution in [1.82, 2.24) is 24.1 Å². The molecular formula is C15H15N5S2. The van der Waals surface area contributed by atoms with Crippen LogP contribution in [0.3, 0.4) is 0 Å². The molecule has 0 bridgehead atoms. The molecule has 5 nitrogen and oxygen atoms in total. The highest BCUT2D eigenvalue weighted by molar-refractivity contribution is 8.00. The van der Waals surface area contributed by atoms with Crippen LogP contribution in [-0.2, 0) is 7.05 Å². The fourth-order valence-corrected chi connectivity index (χ4v) is 3.87. The molecule has 0 saturated heterocycles. The van der Waals surface area contributed by atoms with Crippen molar-refractivity contribution in [3.05, 3.63) is 35.7 Å². The Labute approximate surface area is 137 Å². The zero-order valence-corrected chi connectivity index (χ0v) is 14.0. The van der Waals surface area contributed by atoms with Crippen LogP contribution in [-0.4, -0.2) is 24.1 Å². The fraction of sp³-hybridized carbons (Fsp3) is 0.333. The van der Waals surface area contributed by atoms with Crippen molar-refractivity contribution in [2.75, 3.05) is 0 Å². The van der Waals surface area contributed by atoms with Crippen molar-refractivity contribution in [2.24, 2.45) is 7.05 Å². The maximum atomic E-state index is 4.59. The van der Waals surface area contributed by atoms with Gasteiger partial charge in [0.1, 0.15) is 5.82 Å². The Morgan fingerprint density at radius 2 is 2.14 bits per heavy atom. The van der Waals surface area contributed by atoms with E-state index >= 15 is 0 Å². The Morgan fingerprint density at radius 1 is 1.27 bits per heavy atom. The molecule has 2 heterocycles. The average molecular weight is 329 g/mol. The lowest BCUT2D eigenvalue weighted by Crippen LogP contribution is -1.94. The molecule has 22 heavy (non-hydrogen) atoms. The molecule has 1 fully saturated rings. The maximum Gasteiger partial charge on any atom is 0.198 e. The highest BCUT2D eigenvalue weighted by Crippen LogP contribution is 2.40. The van der Waals surface area contributed by atoms with Crippen LogP contribution in [0.4, 0.5) is 0 Å². The van der Waals surface area contributed by atoms with Gasteiger partial charge in [-0.1, -0.05) is 23.8 Å². The largest absolute Gasteiger partial charge is 0.305 e. The van der Waals surface area contributed by atoms with E-state index in [1.54, 1.807) is 0 Å². The Bertz CT molecular complexity index is 819. The second-order valence-electron chi connectivity index (χ2n) is 5.53. The first-order valence-corrected chi connectivity index (χ1v) is 8.77. The predicted molar refractivity (Wildman–Crippen MR) is 87.2 cm³/mol. The van der Waals surface area contributed by atoms with E-state index in [1.165, 1.54) is 41.7 Å². The number of aryl methyl sites for hydroxylation is 1. The number of hydrogen-bond donors (Lipinski definition) is 0. The summed E-state index contributed by atoms with van der Waals surface area (Å²) >= 11 is 2.98. The third-order valence-electron chi connectivity index (χ3n) is 3.66. The molecule has 112 valence electrons. The van der Waals surface area contributed by atoms with Crippen LogP contribution in [0, 0.1) is 6.92 Å². The summed E-state index contributed by atoms with van der Waals surface area (Å²) < 4.78 is 7.38. The van der Waals surface area contributed by atoms with Gasteiger partial charge in [-0.2, -0.15) is 4.37 Å². The molecule has 4 rings (SSSR count). The maximum absolute atomic E-state index is 4.59. The van der Waals surface area contributed by atoms with Crippen molar-refractivity contribution >= 4 is 23.3 Å². The lowest BCUT2D eigenvalue weighted by Gasteiger charge is -2.03. The third kappa shape index (κ3) is 2.66. The topological polar surface area (TPSA) is 56.5 Å². The van der Waals surface area contributed by atoms with Crippen LogP contribution in [0.1, 0.15) is 30.1 Å². The Morgan fingerprint density at radius 3 is 2.91 bits per heavy atom. The first-order chi connectivity index (χ1) is 10.7. The summed E-state index contributed by atoms with van der Waals surface area (Å²) in [5, 5.41) is 9.47. The summed E-state index contributed by atoms with van der Waals surface area (Å²) in [6.07, 6.45) is 2.45. The second-order valence-corrected chi connectivity index (χ2v) is 7.50. The van der Waals surface area contributed by atoms with Gasteiger partial charge >= 0.3 is 0 Å². The summed E-state index contributed by atoms with van der Waals surface area (Å²) in [6, 6.07) is 8.30. The Hall–Kier alpha value is -1.73. The molecule has 1 aromatic carbocycles.